The molecule has 0 aliphatic rings. The number of benzene rings is 1. The van der Waals surface area contributed by atoms with Gasteiger partial charge < -0.3 is 10.2 Å². The molecule has 5 nitrogen and oxygen atoms in total. The van der Waals surface area contributed by atoms with Crippen LogP contribution >= 0.6 is 15.9 Å². The first-order chi connectivity index (χ1) is 10.2. The standard InChI is InChI=1S/C15H20BrN5/c1-3-17-15(18-10-13-8-9-19-20-13)21(2)11-12-6-4-5-7-14(12)16/h4-9H,3,10-11H2,1-2H3,(H,17,18)(H,19,20). The minimum Gasteiger partial charge on any atom is -0.357 e. The van der Waals surface area contributed by atoms with E-state index in [0.29, 0.717) is 6.54 Å². The SMILES string of the molecule is CCNC(=NCc1ccn[nH]1)N(C)Cc1ccccc1Br. The van der Waals surface area contributed by atoms with Crippen LogP contribution in [0.4, 0.5) is 0 Å². The molecule has 2 rings (SSSR count). The van der Waals surface area contributed by atoms with Gasteiger partial charge in [-0.15, -0.1) is 0 Å². The van der Waals surface area contributed by atoms with Crippen molar-refractivity contribution in [3.8, 4) is 0 Å². The molecule has 0 bridgehead atoms. The first-order valence-electron chi connectivity index (χ1n) is 6.91. The van der Waals surface area contributed by atoms with Gasteiger partial charge in [0, 0.05) is 30.8 Å². The van der Waals surface area contributed by atoms with Gasteiger partial charge >= 0.3 is 0 Å². The van der Waals surface area contributed by atoms with Crippen LogP contribution in [0.25, 0.3) is 0 Å². The third-order valence-electron chi connectivity index (χ3n) is 3.02. The number of aliphatic imine (C=N–C) groups is 1. The van der Waals surface area contributed by atoms with Crippen LogP contribution < -0.4 is 5.32 Å². The van der Waals surface area contributed by atoms with Crippen LogP contribution in [-0.2, 0) is 13.1 Å². The van der Waals surface area contributed by atoms with Crippen molar-refractivity contribution >= 4 is 21.9 Å². The Balaban J connectivity index is 2.06. The molecule has 2 N–H and O–H groups in total. The maximum absolute atomic E-state index is 4.63. The van der Waals surface area contributed by atoms with Crippen molar-refractivity contribution in [1.82, 2.24) is 20.4 Å². The predicted octanol–water partition coefficient (Wildman–Crippen LogP) is 2.77. The number of halogens is 1. The fraction of sp³-hybridized carbons (Fsp3) is 0.333. The second-order valence-electron chi connectivity index (χ2n) is 4.70. The van der Waals surface area contributed by atoms with E-state index in [9.17, 15) is 0 Å². The maximum Gasteiger partial charge on any atom is 0.194 e. The third-order valence-corrected chi connectivity index (χ3v) is 3.79. The number of H-pyrrole nitrogens is 1. The van der Waals surface area contributed by atoms with Crippen LogP contribution in [0.2, 0.25) is 0 Å². The van der Waals surface area contributed by atoms with Crippen molar-refractivity contribution in [2.24, 2.45) is 4.99 Å². The molecule has 112 valence electrons. The molecule has 0 amide bonds. The van der Waals surface area contributed by atoms with Gasteiger partial charge in [0.25, 0.3) is 0 Å². The maximum atomic E-state index is 4.63. The number of rotatable bonds is 5. The van der Waals surface area contributed by atoms with Crippen molar-refractivity contribution < 1.29 is 0 Å². The molecule has 0 saturated carbocycles. The van der Waals surface area contributed by atoms with Gasteiger partial charge in [-0.2, -0.15) is 5.10 Å². The van der Waals surface area contributed by atoms with Crippen molar-refractivity contribution in [3.63, 3.8) is 0 Å². The summed E-state index contributed by atoms with van der Waals surface area (Å²) in [7, 11) is 2.04. The summed E-state index contributed by atoms with van der Waals surface area (Å²) >= 11 is 3.58. The monoisotopic (exact) mass is 349 g/mol. The van der Waals surface area contributed by atoms with Crippen molar-refractivity contribution in [1.29, 1.82) is 0 Å². The Morgan fingerprint density at radius 2 is 2.19 bits per heavy atom. The number of hydrogen-bond donors (Lipinski definition) is 2. The molecule has 0 atom stereocenters. The molecule has 0 aliphatic heterocycles. The fourth-order valence-electron chi connectivity index (χ4n) is 1.96. The van der Waals surface area contributed by atoms with Crippen molar-refractivity contribution in [3.05, 3.63) is 52.3 Å². The normalized spacial score (nSPS) is 11.5. The first kappa shape index (κ1) is 15.6. The van der Waals surface area contributed by atoms with E-state index in [1.54, 1.807) is 6.20 Å². The van der Waals surface area contributed by atoms with Crippen LogP contribution in [-0.4, -0.2) is 34.6 Å². The van der Waals surface area contributed by atoms with Crippen molar-refractivity contribution in [2.75, 3.05) is 13.6 Å². The zero-order valence-corrected chi connectivity index (χ0v) is 13.9. The highest BCUT2D eigenvalue weighted by molar-refractivity contribution is 9.10. The third kappa shape index (κ3) is 4.60. The van der Waals surface area contributed by atoms with Gasteiger partial charge in [-0.05, 0) is 24.6 Å². The number of aromatic nitrogens is 2. The summed E-state index contributed by atoms with van der Waals surface area (Å²) in [6.07, 6.45) is 1.74. The molecule has 0 unspecified atom stereocenters. The van der Waals surface area contributed by atoms with Crippen LogP contribution in [0, 0.1) is 0 Å². The summed E-state index contributed by atoms with van der Waals surface area (Å²) in [5.74, 6) is 0.878. The molecule has 21 heavy (non-hydrogen) atoms. The van der Waals surface area contributed by atoms with Gasteiger partial charge in [-0.3, -0.25) is 5.10 Å². The lowest BCUT2D eigenvalue weighted by Crippen LogP contribution is -2.38. The highest BCUT2D eigenvalue weighted by Crippen LogP contribution is 2.17. The van der Waals surface area contributed by atoms with Crippen LogP contribution in [0.5, 0.6) is 0 Å². The summed E-state index contributed by atoms with van der Waals surface area (Å²) < 4.78 is 1.11. The van der Waals surface area contributed by atoms with Gasteiger partial charge in [-0.25, -0.2) is 4.99 Å². The van der Waals surface area contributed by atoms with Gasteiger partial charge in [-0.1, -0.05) is 34.1 Å². The van der Waals surface area contributed by atoms with E-state index < -0.39 is 0 Å². The Bertz CT molecular complexity index is 580. The lowest BCUT2D eigenvalue weighted by molar-refractivity contribution is 0.475. The minimum absolute atomic E-state index is 0.586. The lowest BCUT2D eigenvalue weighted by atomic mass is 10.2. The Labute approximate surface area is 133 Å². The van der Waals surface area contributed by atoms with Crippen molar-refractivity contribution in [2.45, 2.75) is 20.0 Å². The van der Waals surface area contributed by atoms with Gasteiger partial charge in [0.2, 0.25) is 0 Å². The number of hydrogen-bond acceptors (Lipinski definition) is 2. The highest BCUT2D eigenvalue weighted by atomic mass is 79.9. The molecule has 0 fully saturated rings. The van der Waals surface area contributed by atoms with Gasteiger partial charge in [0.15, 0.2) is 5.96 Å². The minimum atomic E-state index is 0.586. The van der Waals surface area contributed by atoms with Crippen LogP contribution in [0.3, 0.4) is 0 Å². The van der Waals surface area contributed by atoms with E-state index in [1.165, 1.54) is 5.56 Å². The van der Waals surface area contributed by atoms with Gasteiger partial charge in [0.05, 0.1) is 12.2 Å². The average molecular weight is 350 g/mol. The first-order valence-corrected chi connectivity index (χ1v) is 7.71. The quantitative estimate of drug-likeness (QED) is 0.644. The highest BCUT2D eigenvalue weighted by Gasteiger charge is 2.08. The number of nitrogens with one attached hydrogen (secondary N) is 2. The topological polar surface area (TPSA) is 56.3 Å². The predicted molar refractivity (Wildman–Crippen MR) is 89.0 cm³/mol. The molecule has 0 aliphatic carbocycles. The van der Waals surface area contributed by atoms with E-state index in [-0.39, 0.29) is 0 Å². The molecule has 1 heterocycles. The molecule has 0 spiro atoms. The smallest absolute Gasteiger partial charge is 0.194 e. The van der Waals surface area contributed by atoms with E-state index in [2.05, 4.69) is 60.4 Å². The Kier molecular flexibility index (Phi) is 5.80. The molecule has 1 aromatic carbocycles. The molecule has 0 saturated heterocycles. The summed E-state index contributed by atoms with van der Waals surface area (Å²) in [5, 5.41) is 10.2. The summed E-state index contributed by atoms with van der Waals surface area (Å²) in [6.45, 7) is 4.28. The lowest BCUT2D eigenvalue weighted by Gasteiger charge is -2.22. The van der Waals surface area contributed by atoms with E-state index >= 15 is 0 Å². The molecule has 6 heteroatoms. The average Bonchev–Trinajstić information content (AvgIpc) is 2.99. The molecular formula is C15H20BrN5. The number of guanidine groups is 1. The van der Waals surface area contributed by atoms with E-state index in [4.69, 9.17) is 0 Å². The second kappa shape index (κ2) is 7.83. The Morgan fingerprint density at radius 3 is 2.86 bits per heavy atom. The van der Waals surface area contributed by atoms with Gasteiger partial charge in [0.1, 0.15) is 0 Å². The summed E-state index contributed by atoms with van der Waals surface area (Å²) in [4.78, 5) is 6.74. The number of aromatic amines is 1. The zero-order chi connectivity index (χ0) is 15.1. The Hall–Kier alpha value is -1.82. The molecule has 1 aromatic heterocycles. The van der Waals surface area contributed by atoms with E-state index in [0.717, 1.165) is 29.2 Å². The largest absolute Gasteiger partial charge is 0.357 e. The van der Waals surface area contributed by atoms with Crippen LogP contribution in [0.15, 0.2) is 46.0 Å². The molecule has 0 radical (unpaired) electrons. The number of nitrogens with zero attached hydrogens (tertiary/aromatic N) is 3. The fourth-order valence-corrected chi connectivity index (χ4v) is 2.37. The Morgan fingerprint density at radius 1 is 1.38 bits per heavy atom. The van der Waals surface area contributed by atoms with Crippen LogP contribution in [0.1, 0.15) is 18.2 Å². The second-order valence-corrected chi connectivity index (χ2v) is 5.55. The summed E-state index contributed by atoms with van der Waals surface area (Å²) in [5.41, 5.74) is 2.23. The molecule has 2 aromatic rings. The van der Waals surface area contributed by atoms with E-state index in [1.807, 2.05) is 25.2 Å². The molecular weight excluding hydrogens is 330 g/mol. The summed E-state index contributed by atoms with van der Waals surface area (Å²) in [6, 6.07) is 10.2. The zero-order valence-electron chi connectivity index (χ0n) is 12.3.